The van der Waals surface area contributed by atoms with Crippen molar-refractivity contribution < 1.29 is 9.18 Å². The van der Waals surface area contributed by atoms with Crippen molar-refractivity contribution in [1.29, 1.82) is 0 Å². The average Bonchev–Trinajstić information content (AvgIpc) is 3.19. The molecular formula is C18H19FN4OS. The standard InChI is InChI=1S/C18H19FN4OS/c1-12(9-15-7-8-21-23(15)2)17(24)22-18-20-11-16(25-18)10-13-3-5-14(19)6-4-13/h3-8,11-12H,9-10H2,1-2H3,(H,20,22,24). The third-order valence-corrected chi connectivity index (χ3v) is 4.87. The highest BCUT2D eigenvalue weighted by Crippen LogP contribution is 2.22. The van der Waals surface area contributed by atoms with Gasteiger partial charge in [-0.1, -0.05) is 19.1 Å². The molecular weight excluding hydrogens is 339 g/mol. The van der Waals surface area contributed by atoms with Crippen molar-refractivity contribution >= 4 is 22.4 Å². The summed E-state index contributed by atoms with van der Waals surface area (Å²) in [7, 11) is 1.86. The number of halogens is 1. The molecule has 130 valence electrons. The van der Waals surface area contributed by atoms with Gasteiger partial charge in [0.05, 0.1) is 0 Å². The van der Waals surface area contributed by atoms with Crippen LogP contribution < -0.4 is 5.32 Å². The molecule has 1 atom stereocenters. The molecule has 0 bridgehead atoms. The van der Waals surface area contributed by atoms with Gasteiger partial charge in [-0.3, -0.25) is 9.48 Å². The second-order valence-corrected chi connectivity index (χ2v) is 7.09. The first-order valence-corrected chi connectivity index (χ1v) is 8.80. The topological polar surface area (TPSA) is 59.8 Å². The van der Waals surface area contributed by atoms with E-state index in [2.05, 4.69) is 15.4 Å². The van der Waals surface area contributed by atoms with Crippen LogP contribution in [-0.4, -0.2) is 20.7 Å². The number of thiazole rings is 1. The van der Waals surface area contributed by atoms with Crippen molar-refractivity contribution in [3.63, 3.8) is 0 Å². The molecule has 0 saturated carbocycles. The van der Waals surface area contributed by atoms with E-state index in [0.29, 0.717) is 18.0 Å². The number of hydrogen-bond acceptors (Lipinski definition) is 4. The quantitative estimate of drug-likeness (QED) is 0.734. The predicted molar refractivity (Wildman–Crippen MR) is 96.0 cm³/mol. The average molecular weight is 358 g/mol. The number of nitrogens with one attached hydrogen (secondary N) is 1. The molecule has 0 radical (unpaired) electrons. The van der Waals surface area contributed by atoms with Gasteiger partial charge in [0.25, 0.3) is 0 Å². The number of aryl methyl sites for hydroxylation is 1. The lowest BCUT2D eigenvalue weighted by molar-refractivity contribution is -0.119. The van der Waals surface area contributed by atoms with Gasteiger partial charge in [0, 0.05) is 48.8 Å². The number of carbonyl (C=O) groups excluding carboxylic acids is 1. The van der Waals surface area contributed by atoms with E-state index in [-0.39, 0.29) is 17.6 Å². The summed E-state index contributed by atoms with van der Waals surface area (Å²) in [4.78, 5) is 17.6. The van der Waals surface area contributed by atoms with Crippen molar-refractivity contribution in [2.45, 2.75) is 19.8 Å². The molecule has 1 aromatic carbocycles. The zero-order valence-electron chi connectivity index (χ0n) is 14.1. The van der Waals surface area contributed by atoms with Gasteiger partial charge in [-0.2, -0.15) is 5.10 Å². The molecule has 0 aliphatic heterocycles. The number of amides is 1. The number of hydrogen-bond donors (Lipinski definition) is 1. The Morgan fingerprint density at radius 3 is 2.76 bits per heavy atom. The summed E-state index contributed by atoms with van der Waals surface area (Å²) in [6.07, 6.45) is 4.76. The van der Waals surface area contributed by atoms with Crippen LogP contribution in [0.5, 0.6) is 0 Å². The first-order valence-electron chi connectivity index (χ1n) is 7.98. The van der Waals surface area contributed by atoms with Gasteiger partial charge in [-0.25, -0.2) is 9.37 Å². The van der Waals surface area contributed by atoms with Gasteiger partial charge in [0.1, 0.15) is 5.82 Å². The summed E-state index contributed by atoms with van der Waals surface area (Å²) in [5, 5.41) is 7.56. The minimum Gasteiger partial charge on any atom is -0.302 e. The Morgan fingerprint density at radius 2 is 2.08 bits per heavy atom. The van der Waals surface area contributed by atoms with E-state index in [9.17, 15) is 9.18 Å². The molecule has 3 rings (SSSR count). The number of benzene rings is 1. The summed E-state index contributed by atoms with van der Waals surface area (Å²) < 4.78 is 14.7. The van der Waals surface area contributed by atoms with Crippen molar-refractivity contribution in [2.75, 3.05) is 5.32 Å². The summed E-state index contributed by atoms with van der Waals surface area (Å²) >= 11 is 1.43. The highest BCUT2D eigenvalue weighted by molar-refractivity contribution is 7.15. The van der Waals surface area contributed by atoms with Crippen LogP contribution in [0, 0.1) is 11.7 Å². The van der Waals surface area contributed by atoms with E-state index in [0.717, 1.165) is 16.1 Å². The summed E-state index contributed by atoms with van der Waals surface area (Å²) in [6.45, 7) is 1.88. The zero-order valence-corrected chi connectivity index (χ0v) is 14.9. The Kier molecular flexibility index (Phi) is 5.23. The fourth-order valence-corrected chi connectivity index (χ4v) is 3.34. The van der Waals surface area contributed by atoms with Crippen LogP contribution in [0.3, 0.4) is 0 Å². The van der Waals surface area contributed by atoms with E-state index < -0.39 is 0 Å². The molecule has 0 saturated heterocycles. The third-order valence-electron chi connectivity index (χ3n) is 3.96. The normalized spacial score (nSPS) is 12.1. The Balaban J connectivity index is 1.57. The van der Waals surface area contributed by atoms with Crippen molar-refractivity contribution in [3.05, 3.63) is 64.7 Å². The molecule has 1 unspecified atom stereocenters. The Labute approximate surface area is 149 Å². The lowest BCUT2D eigenvalue weighted by atomic mass is 10.1. The minimum absolute atomic E-state index is 0.0658. The summed E-state index contributed by atoms with van der Waals surface area (Å²) in [6, 6.07) is 8.30. The molecule has 3 aromatic rings. The van der Waals surface area contributed by atoms with Gasteiger partial charge in [0.15, 0.2) is 5.13 Å². The first kappa shape index (κ1) is 17.3. The molecule has 0 fully saturated rings. The van der Waals surface area contributed by atoms with E-state index >= 15 is 0 Å². The van der Waals surface area contributed by atoms with Gasteiger partial charge >= 0.3 is 0 Å². The monoisotopic (exact) mass is 358 g/mol. The maximum Gasteiger partial charge on any atom is 0.229 e. The molecule has 25 heavy (non-hydrogen) atoms. The molecule has 0 aliphatic carbocycles. The van der Waals surface area contributed by atoms with Crippen LogP contribution >= 0.6 is 11.3 Å². The smallest absolute Gasteiger partial charge is 0.229 e. The molecule has 7 heteroatoms. The Bertz CT molecular complexity index is 856. The van der Waals surface area contributed by atoms with Crippen molar-refractivity contribution in [2.24, 2.45) is 13.0 Å². The van der Waals surface area contributed by atoms with E-state index in [1.807, 2.05) is 20.0 Å². The number of anilines is 1. The van der Waals surface area contributed by atoms with Crippen molar-refractivity contribution in [3.8, 4) is 0 Å². The molecule has 2 aromatic heterocycles. The Morgan fingerprint density at radius 1 is 1.32 bits per heavy atom. The van der Waals surface area contributed by atoms with Gasteiger partial charge in [-0.15, -0.1) is 11.3 Å². The number of aromatic nitrogens is 3. The molecule has 2 heterocycles. The zero-order chi connectivity index (χ0) is 17.8. The van der Waals surface area contributed by atoms with Gasteiger partial charge in [0.2, 0.25) is 5.91 Å². The minimum atomic E-state index is -0.247. The maximum atomic E-state index is 12.9. The lowest BCUT2D eigenvalue weighted by Gasteiger charge is -2.10. The van der Waals surface area contributed by atoms with E-state index in [1.54, 1.807) is 29.2 Å². The lowest BCUT2D eigenvalue weighted by Crippen LogP contribution is -2.22. The molecule has 0 spiro atoms. The number of nitrogens with zero attached hydrogens (tertiary/aromatic N) is 3. The van der Waals surface area contributed by atoms with E-state index in [1.165, 1.54) is 23.5 Å². The molecule has 1 N–H and O–H groups in total. The molecule has 1 amide bonds. The fraction of sp³-hybridized carbons (Fsp3) is 0.278. The van der Waals surface area contributed by atoms with Gasteiger partial charge < -0.3 is 5.32 Å². The second-order valence-electron chi connectivity index (χ2n) is 5.98. The SMILES string of the molecule is CC(Cc1ccnn1C)C(=O)Nc1ncc(Cc2ccc(F)cc2)s1. The van der Waals surface area contributed by atoms with E-state index in [4.69, 9.17) is 0 Å². The second kappa shape index (κ2) is 7.57. The first-order chi connectivity index (χ1) is 12.0. The highest BCUT2D eigenvalue weighted by atomic mass is 32.1. The molecule has 0 aliphatic rings. The van der Waals surface area contributed by atoms with Gasteiger partial charge in [-0.05, 0) is 23.8 Å². The largest absolute Gasteiger partial charge is 0.302 e. The fourth-order valence-electron chi connectivity index (χ4n) is 2.49. The van der Waals surface area contributed by atoms with Crippen LogP contribution in [-0.2, 0) is 24.7 Å². The van der Waals surface area contributed by atoms with Crippen molar-refractivity contribution in [1.82, 2.24) is 14.8 Å². The number of rotatable bonds is 6. The van der Waals surface area contributed by atoms with Crippen LogP contribution in [0.1, 0.15) is 23.1 Å². The highest BCUT2D eigenvalue weighted by Gasteiger charge is 2.17. The third kappa shape index (κ3) is 4.51. The van der Waals surface area contributed by atoms with Crippen LogP contribution in [0.2, 0.25) is 0 Å². The molecule has 5 nitrogen and oxygen atoms in total. The number of carbonyl (C=O) groups is 1. The predicted octanol–water partition coefficient (Wildman–Crippen LogP) is 3.42. The van der Waals surface area contributed by atoms with Crippen LogP contribution in [0.4, 0.5) is 9.52 Å². The summed E-state index contributed by atoms with van der Waals surface area (Å²) in [5.74, 6) is -0.493. The maximum absolute atomic E-state index is 12.9. The van der Waals surface area contributed by atoms with Crippen LogP contribution in [0.15, 0.2) is 42.7 Å². The van der Waals surface area contributed by atoms with Crippen LogP contribution in [0.25, 0.3) is 0 Å². The Hall–Kier alpha value is -2.54. The summed E-state index contributed by atoms with van der Waals surface area (Å²) in [5.41, 5.74) is 2.02.